The Labute approximate surface area is 156 Å². The van der Waals surface area contributed by atoms with Crippen molar-refractivity contribution in [1.29, 1.82) is 0 Å². The summed E-state index contributed by atoms with van der Waals surface area (Å²) in [5.74, 6) is 0.740. The van der Waals surface area contributed by atoms with Gasteiger partial charge in [-0.15, -0.1) is 0 Å². The quantitative estimate of drug-likeness (QED) is 0.692. The second-order valence-electron chi connectivity index (χ2n) is 6.81. The summed E-state index contributed by atoms with van der Waals surface area (Å²) in [6.07, 6.45) is 5.14. The predicted octanol–water partition coefficient (Wildman–Crippen LogP) is 4.21. The number of carbonyl (C=O) groups excluding carboxylic acids is 1. The van der Waals surface area contributed by atoms with Crippen molar-refractivity contribution in [3.8, 4) is 5.88 Å². The summed E-state index contributed by atoms with van der Waals surface area (Å²) in [5.41, 5.74) is 1.13. The number of hydrogen-bond acceptors (Lipinski definition) is 4. The summed E-state index contributed by atoms with van der Waals surface area (Å²) in [6.45, 7) is 0.691. The highest BCUT2D eigenvalue weighted by Crippen LogP contribution is 2.28. The van der Waals surface area contributed by atoms with Crippen LogP contribution < -0.4 is 4.74 Å². The van der Waals surface area contributed by atoms with Gasteiger partial charge in [0, 0.05) is 30.6 Å². The Balaban J connectivity index is 1.59. The minimum Gasteiger partial charge on any atom is -0.480 e. The number of likely N-dealkylation sites (tertiary alicyclic amines) is 1. The molecule has 2 aromatic heterocycles. The molecule has 0 spiro atoms. The Morgan fingerprint density at radius 2 is 2.22 bits per heavy atom. The van der Waals surface area contributed by atoms with Gasteiger partial charge in [-0.25, -0.2) is 9.37 Å². The van der Waals surface area contributed by atoms with E-state index in [4.69, 9.17) is 9.15 Å². The van der Waals surface area contributed by atoms with E-state index in [1.807, 2.05) is 11.0 Å². The second kappa shape index (κ2) is 7.39. The largest absolute Gasteiger partial charge is 0.480 e. The van der Waals surface area contributed by atoms with Crippen LogP contribution in [-0.4, -0.2) is 35.5 Å². The number of ether oxygens (including phenoxy) is 1. The van der Waals surface area contributed by atoms with E-state index in [1.165, 1.54) is 19.2 Å². The molecular weight excluding hydrogens is 347 g/mol. The van der Waals surface area contributed by atoms with Gasteiger partial charge in [0.05, 0.1) is 7.11 Å². The zero-order valence-corrected chi connectivity index (χ0v) is 15.2. The summed E-state index contributed by atoms with van der Waals surface area (Å²) in [5, 5.41) is 0.743. The average molecular weight is 368 g/mol. The molecule has 1 unspecified atom stereocenters. The smallest absolute Gasteiger partial charge is 0.259 e. The number of pyridine rings is 1. The number of benzene rings is 1. The molecule has 1 fully saturated rings. The molecule has 0 aliphatic carbocycles. The number of hydrogen-bond donors (Lipinski definition) is 0. The van der Waals surface area contributed by atoms with Gasteiger partial charge in [-0.05, 0) is 55.7 Å². The van der Waals surface area contributed by atoms with E-state index < -0.39 is 0 Å². The van der Waals surface area contributed by atoms with E-state index >= 15 is 0 Å². The normalized spacial score (nSPS) is 17.3. The minimum absolute atomic E-state index is 0.0292. The van der Waals surface area contributed by atoms with Crippen LogP contribution in [0.15, 0.2) is 47.0 Å². The molecule has 0 saturated carbocycles. The van der Waals surface area contributed by atoms with Crippen molar-refractivity contribution >= 4 is 16.9 Å². The lowest BCUT2D eigenvalue weighted by Gasteiger charge is -2.35. The first-order valence-corrected chi connectivity index (χ1v) is 9.13. The summed E-state index contributed by atoms with van der Waals surface area (Å²) in [7, 11) is 1.51. The third-order valence-corrected chi connectivity index (χ3v) is 5.05. The molecule has 27 heavy (non-hydrogen) atoms. The molecule has 3 aromatic rings. The number of fused-ring (bicyclic) bond motifs is 1. The van der Waals surface area contributed by atoms with Crippen LogP contribution in [0.3, 0.4) is 0 Å². The molecule has 1 aliphatic rings. The van der Waals surface area contributed by atoms with Gasteiger partial charge in [-0.1, -0.05) is 0 Å². The molecule has 6 heteroatoms. The number of halogens is 1. The lowest BCUT2D eigenvalue weighted by molar-refractivity contribution is 0.0603. The van der Waals surface area contributed by atoms with E-state index in [0.717, 1.165) is 30.4 Å². The van der Waals surface area contributed by atoms with Crippen LogP contribution in [0.5, 0.6) is 5.88 Å². The predicted molar refractivity (Wildman–Crippen MR) is 99.3 cm³/mol. The number of aromatic nitrogens is 1. The fourth-order valence-corrected chi connectivity index (χ4v) is 3.75. The number of rotatable bonds is 4. The Morgan fingerprint density at radius 3 is 3.07 bits per heavy atom. The maximum absolute atomic E-state index is 13.4. The van der Waals surface area contributed by atoms with Crippen LogP contribution in [0, 0.1) is 5.82 Å². The van der Waals surface area contributed by atoms with Crippen LogP contribution in [-0.2, 0) is 6.42 Å². The zero-order chi connectivity index (χ0) is 18.8. The lowest BCUT2D eigenvalue weighted by atomic mass is 9.97. The number of nitrogens with zero attached hydrogens (tertiary/aromatic N) is 2. The first kappa shape index (κ1) is 17.5. The average Bonchev–Trinajstić information content (AvgIpc) is 3.09. The molecule has 3 heterocycles. The van der Waals surface area contributed by atoms with Crippen molar-refractivity contribution in [2.24, 2.45) is 0 Å². The first-order valence-electron chi connectivity index (χ1n) is 9.13. The van der Waals surface area contributed by atoms with E-state index in [0.29, 0.717) is 30.0 Å². The van der Waals surface area contributed by atoms with Crippen LogP contribution in [0.1, 0.15) is 35.4 Å². The standard InChI is InChI=1S/C21H21FN2O3/c1-26-20-18(6-4-9-23-20)21(25)24-10-3-2-5-16(24)13-17-12-14-11-15(22)7-8-19(14)27-17/h4,6-9,11-12,16H,2-3,5,10,13H2,1H3. The van der Waals surface area contributed by atoms with E-state index in [9.17, 15) is 9.18 Å². The summed E-state index contributed by atoms with van der Waals surface area (Å²) in [4.78, 5) is 19.1. The van der Waals surface area contributed by atoms with Gasteiger partial charge >= 0.3 is 0 Å². The highest BCUT2D eigenvalue weighted by Gasteiger charge is 2.30. The van der Waals surface area contributed by atoms with Gasteiger partial charge in [-0.3, -0.25) is 4.79 Å². The van der Waals surface area contributed by atoms with E-state index in [1.54, 1.807) is 24.4 Å². The molecule has 1 atom stereocenters. The van der Waals surface area contributed by atoms with Crippen LogP contribution >= 0.6 is 0 Å². The molecule has 1 saturated heterocycles. The van der Waals surface area contributed by atoms with Crippen LogP contribution in [0.4, 0.5) is 4.39 Å². The van der Waals surface area contributed by atoms with Crippen molar-refractivity contribution in [2.75, 3.05) is 13.7 Å². The fraction of sp³-hybridized carbons (Fsp3) is 0.333. The highest BCUT2D eigenvalue weighted by molar-refractivity contribution is 5.96. The summed E-state index contributed by atoms with van der Waals surface area (Å²) >= 11 is 0. The maximum Gasteiger partial charge on any atom is 0.259 e. The molecule has 1 aromatic carbocycles. The maximum atomic E-state index is 13.4. The van der Waals surface area contributed by atoms with Crippen molar-refractivity contribution in [3.05, 3.63) is 59.7 Å². The Kier molecular flexibility index (Phi) is 4.79. The van der Waals surface area contributed by atoms with Gasteiger partial charge in [0.1, 0.15) is 22.7 Å². The number of furan rings is 1. The molecule has 0 N–H and O–H groups in total. The third kappa shape index (κ3) is 3.52. The lowest BCUT2D eigenvalue weighted by Crippen LogP contribution is -2.45. The van der Waals surface area contributed by atoms with Gasteiger partial charge in [0.2, 0.25) is 5.88 Å². The van der Waals surface area contributed by atoms with Gasteiger partial charge in [0.15, 0.2) is 0 Å². The van der Waals surface area contributed by atoms with Gasteiger partial charge < -0.3 is 14.1 Å². The van der Waals surface area contributed by atoms with E-state index in [2.05, 4.69) is 4.98 Å². The number of methoxy groups -OCH3 is 1. The van der Waals surface area contributed by atoms with Crippen LogP contribution in [0.25, 0.3) is 11.0 Å². The fourth-order valence-electron chi connectivity index (χ4n) is 3.75. The SMILES string of the molecule is COc1ncccc1C(=O)N1CCCCC1Cc1cc2cc(F)ccc2o1. The van der Waals surface area contributed by atoms with E-state index in [-0.39, 0.29) is 17.8 Å². The zero-order valence-electron chi connectivity index (χ0n) is 15.2. The van der Waals surface area contributed by atoms with Gasteiger partial charge in [-0.2, -0.15) is 0 Å². The molecule has 1 amide bonds. The molecule has 5 nitrogen and oxygen atoms in total. The van der Waals surface area contributed by atoms with Crippen molar-refractivity contribution < 1.29 is 18.3 Å². The van der Waals surface area contributed by atoms with Crippen molar-refractivity contribution in [3.63, 3.8) is 0 Å². The monoisotopic (exact) mass is 368 g/mol. The van der Waals surface area contributed by atoms with Crippen LogP contribution in [0.2, 0.25) is 0 Å². The Hall–Kier alpha value is -2.89. The second-order valence-corrected chi connectivity index (χ2v) is 6.81. The summed E-state index contributed by atoms with van der Waals surface area (Å²) < 4.78 is 24.5. The number of carbonyl (C=O) groups is 1. The number of piperidine rings is 1. The molecule has 0 bridgehead atoms. The third-order valence-electron chi connectivity index (χ3n) is 5.05. The Morgan fingerprint density at radius 1 is 1.33 bits per heavy atom. The molecule has 4 rings (SSSR count). The van der Waals surface area contributed by atoms with Gasteiger partial charge in [0.25, 0.3) is 5.91 Å². The van der Waals surface area contributed by atoms with Crippen molar-refractivity contribution in [1.82, 2.24) is 9.88 Å². The molecule has 140 valence electrons. The topological polar surface area (TPSA) is 55.6 Å². The summed E-state index contributed by atoms with van der Waals surface area (Å²) in [6, 6.07) is 9.86. The minimum atomic E-state index is -0.284. The first-order chi connectivity index (χ1) is 13.2. The molecule has 0 radical (unpaired) electrons. The number of amides is 1. The molecule has 1 aliphatic heterocycles. The molecular formula is C21H21FN2O3. The Bertz CT molecular complexity index is 969. The highest BCUT2D eigenvalue weighted by atomic mass is 19.1. The van der Waals surface area contributed by atoms with Crippen molar-refractivity contribution in [2.45, 2.75) is 31.7 Å².